The summed E-state index contributed by atoms with van der Waals surface area (Å²) in [6.07, 6.45) is -0.0258. The molecule has 2 N–H and O–H groups in total. The first-order valence-electron chi connectivity index (χ1n) is 9.66. The number of sulfonamides is 2. The Labute approximate surface area is 185 Å². The zero-order valence-corrected chi connectivity index (χ0v) is 18.9. The summed E-state index contributed by atoms with van der Waals surface area (Å²) in [4.78, 5) is 26.3. The summed E-state index contributed by atoms with van der Waals surface area (Å²) >= 11 is 0. The van der Waals surface area contributed by atoms with E-state index in [4.69, 9.17) is 5.14 Å². The van der Waals surface area contributed by atoms with Gasteiger partial charge in [-0.25, -0.2) is 31.3 Å². The van der Waals surface area contributed by atoms with Crippen LogP contribution in [-0.4, -0.2) is 45.0 Å². The molecule has 2 unspecified atom stereocenters. The van der Waals surface area contributed by atoms with Gasteiger partial charge in [-0.05, 0) is 61.9 Å². The summed E-state index contributed by atoms with van der Waals surface area (Å²) < 4.78 is 63.8. The van der Waals surface area contributed by atoms with Crippen molar-refractivity contribution in [2.45, 2.75) is 48.6 Å². The molecule has 2 atom stereocenters. The van der Waals surface area contributed by atoms with Crippen LogP contribution in [0.4, 0.5) is 10.1 Å². The van der Waals surface area contributed by atoms with Crippen LogP contribution in [0.1, 0.15) is 26.7 Å². The minimum Gasteiger partial charge on any atom is -0.274 e. The molecule has 2 aromatic rings. The zero-order valence-electron chi connectivity index (χ0n) is 17.3. The molecule has 1 fully saturated rings. The maximum absolute atomic E-state index is 13.3. The van der Waals surface area contributed by atoms with E-state index in [-0.39, 0.29) is 21.9 Å². The molecular formula is C20H22FN3O6S2. The number of halogens is 1. The first kappa shape index (κ1) is 24.0. The second-order valence-corrected chi connectivity index (χ2v) is 10.8. The molecule has 1 heterocycles. The van der Waals surface area contributed by atoms with Gasteiger partial charge in [0.2, 0.25) is 26.0 Å². The van der Waals surface area contributed by atoms with E-state index in [1.54, 1.807) is 13.8 Å². The SMILES string of the molecule is CCC(C)N(C1CC(=O)N(c2ccc(S(N)(=O)=O)cc2)C1=O)S(=O)(=O)c1ccc(F)cc1. The highest BCUT2D eigenvalue weighted by Gasteiger charge is 2.48. The van der Waals surface area contributed by atoms with Gasteiger partial charge in [-0.3, -0.25) is 9.59 Å². The maximum Gasteiger partial charge on any atom is 0.252 e. The largest absolute Gasteiger partial charge is 0.274 e. The molecule has 0 radical (unpaired) electrons. The Morgan fingerprint density at radius 1 is 1.03 bits per heavy atom. The third-order valence-corrected chi connectivity index (χ3v) is 8.23. The van der Waals surface area contributed by atoms with Crippen molar-refractivity contribution in [1.29, 1.82) is 0 Å². The monoisotopic (exact) mass is 483 g/mol. The number of nitrogens with two attached hydrogens (primary N) is 1. The van der Waals surface area contributed by atoms with E-state index < -0.39 is 49.8 Å². The molecule has 0 bridgehead atoms. The first-order valence-corrected chi connectivity index (χ1v) is 12.6. The molecule has 0 saturated carbocycles. The predicted molar refractivity (Wildman–Crippen MR) is 114 cm³/mol. The van der Waals surface area contributed by atoms with Gasteiger partial charge in [0, 0.05) is 6.04 Å². The van der Waals surface area contributed by atoms with Crippen molar-refractivity contribution in [2.24, 2.45) is 5.14 Å². The van der Waals surface area contributed by atoms with Crippen LogP contribution in [0.5, 0.6) is 0 Å². The Morgan fingerprint density at radius 2 is 1.56 bits per heavy atom. The molecule has 1 aliphatic heterocycles. The number of rotatable bonds is 7. The third kappa shape index (κ3) is 4.44. The predicted octanol–water partition coefficient (Wildman–Crippen LogP) is 1.59. The number of benzene rings is 2. The van der Waals surface area contributed by atoms with Gasteiger partial charge in [0.25, 0.3) is 5.91 Å². The fourth-order valence-electron chi connectivity index (χ4n) is 3.49. The smallest absolute Gasteiger partial charge is 0.252 e. The van der Waals surface area contributed by atoms with Crippen molar-refractivity contribution in [1.82, 2.24) is 4.31 Å². The molecule has 9 nitrogen and oxygen atoms in total. The van der Waals surface area contributed by atoms with Gasteiger partial charge in [-0.1, -0.05) is 6.92 Å². The quantitative estimate of drug-likeness (QED) is 0.594. The number of primary sulfonamides is 1. The fraction of sp³-hybridized carbons (Fsp3) is 0.300. The lowest BCUT2D eigenvalue weighted by atomic mass is 10.2. The Hall–Kier alpha value is -2.67. The molecule has 32 heavy (non-hydrogen) atoms. The maximum atomic E-state index is 13.3. The summed E-state index contributed by atoms with van der Waals surface area (Å²) in [5.41, 5.74) is 0.0955. The van der Waals surface area contributed by atoms with E-state index in [0.29, 0.717) is 6.42 Å². The molecule has 0 spiro atoms. The molecular weight excluding hydrogens is 461 g/mol. The van der Waals surface area contributed by atoms with Crippen LogP contribution < -0.4 is 10.0 Å². The highest BCUT2D eigenvalue weighted by molar-refractivity contribution is 7.89. The van der Waals surface area contributed by atoms with Crippen molar-refractivity contribution < 1.29 is 30.8 Å². The summed E-state index contributed by atoms with van der Waals surface area (Å²) in [6, 6.07) is 7.09. The van der Waals surface area contributed by atoms with Crippen LogP contribution in [0.25, 0.3) is 0 Å². The number of amides is 2. The normalized spacial score (nSPS) is 18.4. The van der Waals surface area contributed by atoms with Crippen LogP contribution >= 0.6 is 0 Å². The molecule has 1 saturated heterocycles. The summed E-state index contributed by atoms with van der Waals surface area (Å²) in [7, 11) is -8.19. The summed E-state index contributed by atoms with van der Waals surface area (Å²) in [5.74, 6) is -2.00. The van der Waals surface area contributed by atoms with E-state index in [2.05, 4.69) is 0 Å². The molecule has 2 aromatic carbocycles. The van der Waals surface area contributed by atoms with E-state index in [0.717, 1.165) is 45.6 Å². The van der Waals surface area contributed by atoms with Gasteiger partial charge in [-0.15, -0.1) is 0 Å². The average molecular weight is 484 g/mol. The number of hydrogen-bond acceptors (Lipinski definition) is 6. The highest BCUT2D eigenvalue weighted by atomic mass is 32.2. The first-order chi connectivity index (χ1) is 14.9. The Kier molecular flexibility index (Phi) is 6.52. The minimum absolute atomic E-state index is 0.0955. The van der Waals surface area contributed by atoms with Gasteiger partial charge in [-0.2, -0.15) is 4.31 Å². The number of anilines is 1. The summed E-state index contributed by atoms with van der Waals surface area (Å²) in [5, 5.41) is 5.07. The lowest BCUT2D eigenvalue weighted by molar-refractivity contribution is -0.122. The fourth-order valence-corrected chi connectivity index (χ4v) is 5.85. The number of carbonyl (C=O) groups is 2. The van der Waals surface area contributed by atoms with Crippen molar-refractivity contribution in [3.8, 4) is 0 Å². The van der Waals surface area contributed by atoms with Crippen LogP contribution in [0.2, 0.25) is 0 Å². The zero-order chi connectivity index (χ0) is 23.8. The molecule has 2 amide bonds. The molecule has 3 rings (SSSR count). The van der Waals surface area contributed by atoms with Crippen LogP contribution in [0, 0.1) is 5.82 Å². The number of carbonyl (C=O) groups excluding carboxylic acids is 2. The average Bonchev–Trinajstić information content (AvgIpc) is 3.01. The second kappa shape index (κ2) is 8.70. The molecule has 1 aliphatic rings. The lowest BCUT2D eigenvalue weighted by Gasteiger charge is -2.31. The standard InChI is InChI=1S/C20H22FN3O6S2/c1-3-13(2)24(32(29,30)17-8-4-14(21)5-9-17)18-12-19(25)23(20(18)26)15-6-10-16(11-7-15)31(22,27)28/h4-11,13,18H,3,12H2,1-2H3,(H2,22,27,28). The van der Waals surface area contributed by atoms with Gasteiger partial charge in [0.05, 0.1) is 21.9 Å². The Balaban J connectivity index is 2.00. The van der Waals surface area contributed by atoms with E-state index in [9.17, 15) is 30.8 Å². The minimum atomic E-state index is -4.23. The number of nitrogens with zero attached hydrogens (tertiary/aromatic N) is 2. The van der Waals surface area contributed by atoms with Crippen molar-refractivity contribution in [3.05, 3.63) is 54.3 Å². The Morgan fingerprint density at radius 3 is 2.06 bits per heavy atom. The lowest BCUT2D eigenvalue weighted by Crippen LogP contribution is -2.49. The second-order valence-electron chi connectivity index (χ2n) is 7.37. The number of imide groups is 1. The Bertz CT molecular complexity index is 1250. The summed E-state index contributed by atoms with van der Waals surface area (Å²) in [6.45, 7) is 3.35. The van der Waals surface area contributed by atoms with Gasteiger partial charge < -0.3 is 0 Å². The van der Waals surface area contributed by atoms with Crippen LogP contribution in [-0.2, 0) is 29.6 Å². The van der Waals surface area contributed by atoms with Gasteiger partial charge in [0.15, 0.2) is 0 Å². The molecule has 172 valence electrons. The highest BCUT2D eigenvalue weighted by Crippen LogP contribution is 2.32. The van der Waals surface area contributed by atoms with E-state index >= 15 is 0 Å². The van der Waals surface area contributed by atoms with Crippen molar-refractivity contribution in [2.75, 3.05) is 4.90 Å². The van der Waals surface area contributed by atoms with Crippen LogP contribution in [0.3, 0.4) is 0 Å². The van der Waals surface area contributed by atoms with Crippen molar-refractivity contribution in [3.63, 3.8) is 0 Å². The van der Waals surface area contributed by atoms with Gasteiger partial charge in [0.1, 0.15) is 11.9 Å². The van der Waals surface area contributed by atoms with Gasteiger partial charge >= 0.3 is 0 Å². The number of hydrogen-bond donors (Lipinski definition) is 1. The van der Waals surface area contributed by atoms with E-state index in [1.165, 1.54) is 12.1 Å². The van der Waals surface area contributed by atoms with Crippen molar-refractivity contribution >= 4 is 37.5 Å². The molecule has 0 aromatic heterocycles. The topological polar surface area (TPSA) is 135 Å². The molecule has 0 aliphatic carbocycles. The molecule has 12 heteroatoms. The third-order valence-electron chi connectivity index (χ3n) is 5.27. The van der Waals surface area contributed by atoms with Crippen LogP contribution in [0.15, 0.2) is 58.3 Å². The van der Waals surface area contributed by atoms with E-state index in [1.807, 2.05) is 0 Å².